The first-order valence-electron chi connectivity index (χ1n) is 9.24. The number of rotatable bonds is 6. The van der Waals surface area contributed by atoms with Gasteiger partial charge in [0.05, 0.1) is 13.1 Å². The molecule has 0 spiro atoms. The monoisotopic (exact) mass is 366 g/mol. The van der Waals surface area contributed by atoms with Gasteiger partial charge >= 0.3 is 0 Å². The zero-order valence-electron chi connectivity index (χ0n) is 15.2. The first-order valence-corrected chi connectivity index (χ1v) is 9.24. The summed E-state index contributed by atoms with van der Waals surface area (Å²) in [5, 5.41) is 12.1. The minimum atomic E-state index is -0.232. The van der Waals surface area contributed by atoms with Gasteiger partial charge in [0.15, 0.2) is 5.82 Å². The number of piperazine rings is 1. The Morgan fingerprint density at radius 1 is 0.741 bits per heavy atom. The van der Waals surface area contributed by atoms with Crippen LogP contribution in [0.15, 0.2) is 54.6 Å². The van der Waals surface area contributed by atoms with E-state index >= 15 is 0 Å². The van der Waals surface area contributed by atoms with Crippen molar-refractivity contribution in [3.8, 4) is 0 Å². The maximum Gasteiger partial charge on any atom is 0.165 e. The molecule has 0 N–H and O–H groups in total. The molecule has 4 rings (SSSR count). The van der Waals surface area contributed by atoms with E-state index in [1.807, 2.05) is 0 Å². The van der Waals surface area contributed by atoms with E-state index < -0.39 is 0 Å². The second-order valence-electron chi connectivity index (χ2n) is 6.92. The summed E-state index contributed by atoms with van der Waals surface area (Å²) in [5.41, 5.74) is 2.34. The van der Waals surface area contributed by atoms with Crippen molar-refractivity contribution in [1.82, 2.24) is 30.0 Å². The largest absolute Gasteiger partial charge is 0.297 e. The van der Waals surface area contributed by atoms with Crippen LogP contribution in [0.4, 0.5) is 4.39 Å². The number of halogens is 1. The Kier molecular flexibility index (Phi) is 5.50. The highest BCUT2D eigenvalue weighted by Gasteiger charge is 2.19. The van der Waals surface area contributed by atoms with Crippen molar-refractivity contribution in [2.75, 3.05) is 26.2 Å². The second-order valence-corrected chi connectivity index (χ2v) is 6.92. The molecule has 0 bridgehead atoms. The third-order valence-electron chi connectivity index (χ3n) is 4.93. The van der Waals surface area contributed by atoms with Crippen LogP contribution in [-0.4, -0.2) is 56.2 Å². The molecule has 1 aromatic heterocycles. The van der Waals surface area contributed by atoms with E-state index in [0.29, 0.717) is 6.54 Å². The van der Waals surface area contributed by atoms with Crippen LogP contribution in [0.2, 0.25) is 0 Å². The summed E-state index contributed by atoms with van der Waals surface area (Å²) < 4.78 is 14.9. The number of nitrogens with zero attached hydrogens (tertiary/aromatic N) is 6. The Morgan fingerprint density at radius 2 is 1.37 bits per heavy atom. The van der Waals surface area contributed by atoms with Gasteiger partial charge in [-0.2, -0.15) is 0 Å². The average molecular weight is 366 g/mol. The third-order valence-corrected chi connectivity index (χ3v) is 4.93. The zero-order valence-corrected chi connectivity index (χ0v) is 15.2. The van der Waals surface area contributed by atoms with E-state index in [-0.39, 0.29) is 5.82 Å². The summed E-state index contributed by atoms with van der Waals surface area (Å²) in [6.07, 6.45) is 0. The van der Waals surface area contributed by atoms with E-state index in [2.05, 4.69) is 55.7 Å². The van der Waals surface area contributed by atoms with Gasteiger partial charge in [0.2, 0.25) is 0 Å². The van der Waals surface area contributed by atoms with Crippen molar-refractivity contribution >= 4 is 0 Å². The van der Waals surface area contributed by atoms with Crippen LogP contribution in [0.1, 0.15) is 17.0 Å². The van der Waals surface area contributed by atoms with Crippen LogP contribution >= 0.6 is 0 Å². The van der Waals surface area contributed by atoms with Gasteiger partial charge in [-0.05, 0) is 33.7 Å². The van der Waals surface area contributed by atoms with Crippen LogP contribution in [-0.2, 0) is 19.6 Å². The molecule has 1 fully saturated rings. The molecule has 2 heterocycles. The number of aromatic nitrogens is 4. The number of hydrogen-bond donors (Lipinski definition) is 0. The minimum Gasteiger partial charge on any atom is -0.297 e. The predicted octanol–water partition coefficient (Wildman–Crippen LogP) is 2.18. The summed E-state index contributed by atoms with van der Waals surface area (Å²) in [4.78, 5) is 4.86. The quantitative estimate of drug-likeness (QED) is 0.669. The molecule has 0 radical (unpaired) electrons. The highest BCUT2D eigenvalue weighted by atomic mass is 19.1. The molecule has 0 atom stereocenters. The SMILES string of the molecule is Fc1ccc(Cn2nnnc2CN2CCN(Cc3ccccc3)CC2)cc1. The molecule has 1 aliphatic heterocycles. The minimum absolute atomic E-state index is 0.232. The summed E-state index contributed by atoms with van der Waals surface area (Å²) >= 11 is 0. The van der Waals surface area contributed by atoms with E-state index in [1.165, 1.54) is 17.7 Å². The normalized spacial score (nSPS) is 15.9. The number of hydrogen-bond acceptors (Lipinski definition) is 5. The highest BCUT2D eigenvalue weighted by molar-refractivity contribution is 5.16. The van der Waals surface area contributed by atoms with Crippen molar-refractivity contribution in [3.63, 3.8) is 0 Å². The first-order chi connectivity index (χ1) is 13.3. The van der Waals surface area contributed by atoms with Crippen LogP contribution in [0.3, 0.4) is 0 Å². The van der Waals surface area contributed by atoms with Gasteiger partial charge in [-0.25, -0.2) is 9.07 Å². The van der Waals surface area contributed by atoms with E-state index in [9.17, 15) is 4.39 Å². The van der Waals surface area contributed by atoms with Crippen molar-refractivity contribution in [1.29, 1.82) is 0 Å². The maximum atomic E-state index is 13.1. The van der Waals surface area contributed by atoms with Crippen molar-refractivity contribution in [3.05, 3.63) is 77.4 Å². The number of tetrazole rings is 1. The Bertz CT molecular complexity index is 840. The fourth-order valence-corrected chi connectivity index (χ4v) is 3.37. The highest BCUT2D eigenvalue weighted by Crippen LogP contribution is 2.11. The molecule has 3 aromatic rings. The molecular weight excluding hydrogens is 343 g/mol. The van der Waals surface area contributed by atoms with Crippen LogP contribution in [0, 0.1) is 5.82 Å². The molecule has 7 heteroatoms. The molecule has 0 saturated carbocycles. The average Bonchev–Trinajstić information content (AvgIpc) is 3.13. The number of benzene rings is 2. The van der Waals surface area contributed by atoms with Gasteiger partial charge in [0.1, 0.15) is 5.82 Å². The lowest BCUT2D eigenvalue weighted by Crippen LogP contribution is -2.45. The molecule has 0 amide bonds. The summed E-state index contributed by atoms with van der Waals surface area (Å²) in [6, 6.07) is 17.0. The lowest BCUT2D eigenvalue weighted by atomic mass is 10.2. The lowest BCUT2D eigenvalue weighted by Gasteiger charge is -2.34. The topological polar surface area (TPSA) is 50.1 Å². The van der Waals surface area contributed by atoms with Gasteiger partial charge in [-0.3, -0.25) is 9.80 Å². The Balaban J connectivity index is 1.30. The molecule has 1 saturated heterocycles. The molecule has 27 heavy (non-hydrogen) atoms. The smallest absolute Gasteiger partial charge is 0.165 e. The van der Waals surface area contributed by atoms with Crippen molar-refractivity contribution in [2.24, 2.45) is 0 Å². The van der Waals surface area contributed by atoms with Crippen molar-refractivity contribution < 1.29 is 4.39 Å². The second kappa shape index (κ2) is 8.37. The summed E-state index contributed by atoms with van der Waals surface area (Å²) in [6.45, 7) is 6.34. The fourth-order valence-electron chi connectivity index (χ4n) is 3.37. The van der Waals surface area contributed by atoms with Crippen LogP contribution in [0.5, 0.6) is 0 Å². The molecule has 1 aliphatic rings. The van der Waals surface area contributed by atoms with Gasteiger partial charge in [-0.1, -0.05) is 42.5 Å². The Morgan fingerprint density at radius 3 is 2.07 bits per heavy atom. The van der Waals surface area contributed by atoms with E-state index in [1.54, 1.807) is 16.8 Å². The Hall–Kier alpha value is -2.64. The van der Waals surface area contributed by atoms with E-state index in [4.69, 9.17) is 0 Å². The van der Waals surface area contributed by atoms with Gasteiger partial charge in [0, 0.05) is 32.7 Å². The molecule has 2 aromatic carbocycles. The first kappa shape index (κ1) is 17.8. The molecule has 6 nitrogen and oxygen atoms in total. The molecule has 0 aliphatic carbocycles. The zero-order chi connectivity index (χ0) is 18.5. The van der Waals surface area contributed by atoms with Crippen LogP contribution < -0.4 is 0 Å². The molecule has 0 unspecified atom stereocenters. The standard InChI is InChI=1S/C20H23FN6/c21-19-8-6-18(7-9-19)15-27-20(22-23-24-27)16-26-12-10-25(11-13-26)14-17-4-2-1-3-5-17/h1-9H,10-16H2. The summed E-state index contributed by atoms with van der Waals surface area (Å²) in [5.74, 6) is 0.611. The van der Waals surface area contributed by atoms with Crippen molar-refractivity contribution in [2.45, 2.75) is 19.6 Å². The van der Waals surface area contributed by atoms with E-state index in [0.717, 1.165) is 50.7 Å². The van der Waals surface area contributed by atoms with Gasteiger partial charge in [0.25, 0.3) is 0 Å². The predicted molar refractivity (Wildman–Crippen MR) is 100 cm³/mol. The Labute approximate surface area is 158 Å². The maximum absolute atomic E-state index is 13.1. The van der Waals surface area contributed by atoms with Crippen LogP contribution in [0.25, 0.3) is 0 Å². The van der Waals surface area contributed by atoms with Gasteiger partial charge in [-0.15, -0.1) is 5.10 Å². The fraction of sp³-hybridized carbons (Fsp3) is 0.350. The third kappa shape index (κ3) is 4.75. The molecular formula is C20H23FN6. The lowest BCUT2D eigenvalue weighted by molar-refractivity contribution is 0.118. The van der Waals surface area contributed by atoms with Gasteiger partial charge < -0.3 is 0 Å². The summed E-state index contributed by atoms with van der Waals surface area (Å²) in [7, 11) is 0. The molecule has 140 valence electrons.